The van der Waals surface area contributed by atoms with Crippen LogP contribution in [-0.4, -0.2) is 119 Å². The third-order valence-corrected chi connectivity index (χ3v) is 14.1. The minimum absolute atomic E-state index is 0.0424. The first-order valence-electron chi connectivity index (χ1n) is 18.8. The van der Waals surface area contributed by atoms with Crippen LogP contribution in [0.4, 0.5) is 10.5 Å². The van der Waals surface area contributed by atoms with Crippen molar-refractivity contribution < 1.29 is 53.1 Å². The first-order chi connectivity index (χ1) is 26.7. The molecule has 4 amide bonds. The van der Waals surface area contributed by atoms with Crippen molar-refractivity contribution in [3.05, 3.63) is 46.5 Å². The summed E-state index contributed by atoms with van der Waals surface area (Å²) in [5.41, 5.74) is 3.86. The van der Waals surface area contributed by atoms with Gasteiger partial charge in [0.2, 0.25) is 17.7 Å². The van der Waals surface area contributed by atoms with Gasteiger partial charge in [0.05, 0.1) is 18.2 Å². The monoisotopic (exact) mass is 854 g/mol. The number of epoxide rings is 1. The van der Waals surface area contributed by atoms with Crippen molar-refractivity contribution in [3.8, 4) is 5.75 Å². The molecule has 18 heteroatoms. The van der Waals surface area contributed by atoms with Gasteiger partial charge < -0.3 is 44.7 Å². The molecule has 5 N–H and O–H groups in total. The molecule has 3 aliphatic heterocycles. The second-order valence-corrected chi connectivity index (χ2v) is 18.5. The summed E-state index contributed by atoms with van der Waals surface area (Å²) in [7, 11) is 7.45. The average Bonchev–Trinajstić information content (AvgIpc) is 3.85. The van der Waals surface area contributed by atoms with Crippen molar-refractivity contribution in [2.24, 2.45) is 11.7 Å². The van der Waals surface area contributed by atoms with Gasteiger partial charge in [-0.2, -0.15) is 0 Å². The number of carbonyl (C=O) groups is 5. The highest BCUT2D eigenvalue weighted by molar-refractivity contribution is 8.76. The number of nitrogens with zero attached hydrogens (tertiary/aromatic N) is 2. The number of aliphatic hydroxyl groups is 1. The smallest absolute Gasteiger partial charge is 0.409 e. The van der Waals surface area contributed by atoms with Crippen molar-refractivity contribution in [2.45, 2.75) is 120 Å². The Labute approximate surface area is 346 Å². The predicted octanol–water partition coefficient (Wildman–Crippen LogP) is 4.64. The van der Waals surface area contributed by atoms with E-state index in [1.54, 1.807) is 48.9 Å². The lowest BCUT2D eigenvalue weighted by molar-refractivity contribution is -0.162. The summed E-state index contributed by atoms with van der Waals surface area (Å²) in [6, 6.07) is 2.16. The molecule has 57 heavy (non-hydrogen) atoms. The lowest BCUT2D eigenvalue weighted by Gasteiger charge is -2.42. The van der Waals surface area contributed by atoms with Gasteiger partial charge in [-0.05, 0) is 51.3 Å². The van der Waals surface area contributed by atoms with Gasteiger partial charge >= 0.3 is 12.1 Å². The number of ether oxygens (including phenoxy) is 4. The number of halogens is 1. The van der Waals surface area contributed by atoms with Crippen LogP contribution < -0.4 is 16.0 Å². The Morgan fingerprint density at radius 1 is 1.23 bits per heavy atom. The number of amides is 4. The number of phenolic OH excluding ortho intramolecular Hbond substituents is 1. The molecule has 0 aromatic heterocycles. The highest BCUT2D eigenvalue weighted by atomic mass is 35.5. The fraction of sp³-hybridized carbons (Fsp3) is 0.615. The van der Waals surface area contributed by atoms with Crippen LogP contribution in [0.25, 0.3) is 0 Å². The third-order valence-electron chi connectivity index (χ3n) is 10.7. The Hall–Kier alpha value is -3.48. The van der Waals surface area contributed by atoms with Gasteiger partial charge in [-0.3, -0.25) is 19.7 Å². The molecule has 3 heterocycles. The zero-order chi connectivity index (χ0) is 42.4. The van der Waals surface area contributed by atoms with Crippen molar-refractivity contribution in [3.63, 3.8) is 0 Å². The van der Waals surface area contributed by atoms with E-state index in [1.165, 1.54) is 54.8 Å². The topological polar surface area (TPSA) is 211 Å². The normalized spacial score (nSPS) is 30.4. The van der Waals surface area contributed by atoms with Gasteiger partial charge in [0.25, 0.3) is 0 Å². The lowest BCUT2D eigenvalue weighted by atomic mass is 9.83. The van der Waals surface area contributed by atoms with Crippen molar-refractivity contribution in [1.29, 1.82) is 0 Å². The number of hydrogen-bond donors (Lipinski definition) is 4. The maximum absolute atomic E-state index is 14.1. The number of carbonyl (C=O) groups excluding carboxylic acids is 5. The van der Waals surface area contributed by atoms with Crippen LogP contribution in [0.15, 0.2) is 35.9 Å². The van der Waals surface area contributed by atoms with E-state index in [-0.39, 0.29) is 59.2 Å². The van der Waals surface area contributed by atoms with Crippen LogP contribution in [0, 0.1) is 5.92 Å². The van der Waals surface area contributed by atoms with Crippen molar-refractivity contribution in [2.75, 3.05) is 31.9 Å². The molecule has 316 valence electrons. The van der Waals surface area contributed by atoms with Crippen LogP contribution >= 0.6 is 33.2 Å². The van der Waals surface area contributed by atoms with E-state index in [2.05, 4.69) is 5.32 Å². The molecule has 1 aromatic rings. The maximum atomic E-state index is 14.1. The van der Waals surface area contributed by atoms with E-state index in [1.807, 2.05) is 13.8 Å². The van der Waals surface area contributed by atoms with Gasteiger partial charge in [0.15, 0.2) is 5.72 Å². The Morgan fingerprint density at radius 2 is 1.93 bits per heavy atom. The van der Waals surface area contributed by atoms with Crippen LogP contribution in [-0.2, 0) is 44.5 Å². The number of phenols is 1. The van der Waals surface area contributed by atoms with E-state index in [4.69, 9.17) is 36.3 Å². The number of methoxy groups -OCH3 is 1. The molecule has 0 radical (unpaired) electrons. The van der Waals surface area contributed by atoms with Gasteiger partial charge in [-0.15, -0.1) is 0 Å². The summed E-state index contributed by atoms with van der Waals surface area (Å²) in [5, 5.41) is 25.1. The molecule has 15 nitrogen and oxygen atoms in total. The number of aromatic hydroxyl groups is 1. The summed E-state index contributed by atoms with van der Waals surface area (Å²) in [6.07, 6.45) is 1.48. The molecule has 2 saturated heterocycles. The summed E-state index contributed by atoms with van der Waals surface area (Å²) < 4.78 is 23.6. The SMILES string of the molecule is CO[C@@H]1/C=C/C=C(\C)Cc2cc(O)c(Cl)c(c2)N(C)C(=O)C[C@H](OC(=O)[C@H](C)N(C)C(=O)CCSSC(C)CCC(N)=O)[C@]2(C)O[C@H]2[C@H](C)[C@@H]2C[C@@]1(O)NC(=O)O2. The van der Waals surface area contributed by atoms with E-state index in [9.17, 15) is 34.2 Å². The van der Waals surface area contributed by atoms with E-state index in [0.717, 1.165) is 5.57 Å². The fourth-order valence-corrected chi connectivity index (χ4v) is 9.51. The van der Waals surface area contributed by atoms with Crippen molar-refractivity contribution in [1.82, 2.24) is 10.2 Å². The van der Waals surface area contributed by atoms with E-state index < -0.39 is 65.7 Å². The number of benzene rings is 1. The fourth-order valence-electron chi connectivity index (χ4n) is 6.95. The van der Waals surface area contributed by atoms with Crippen LogP contribution in [0.3, 0.4) is 0 Å². The van der Waals surface area contributed by atoms with Gasteiger partial charge in [0.1, 0.15) is 40.7 Å². The molecule has 0 saturated carbocycles. The van der Waals surface area contributed by atoms with Crippen molar-refractivity contribution >= 4 is 68.7 Å². The summed E-state index contributed by atoms with van der Waals surface area (Å²) in [4.78, 5) is 67.5. The molecule has 0 aliphatic carbocycles. The summed E-state index contributed by atoms with van der Waals surface area (Å²) in [6.45, 7) is 8.83. The minimum Gasteiger partial charge on any atom is -0.506 e. The molecular weight excluding hydrogens is 800 g/mol. The first-order valence-corrected chi connectivity index (χ1v) is 21.5. The number of likely N-dealkylation sites (N-methyl/N-ethyl adjacent to an activating group) is 1. The molecule has 2 fully saturated rings. The predicted molar refractivity (Wildman–Crippen MR) is 219 cm³/mol. The number of alkyl carbamates (subject to hydrolysis) is 1. The number of primary amides is 1. The largest absolute Gasteiger partial charge is 0.506 e. The molecule has 1 aromatic carbocycles. The van der Waals surface area contributed by atoms with E-state index in [0.29, 0.717) is 24.2 Å². The number of fused-ring (bicyclic) bond motifs is 5. The second kappa shape index (κ2) is 19.5. The average molecular weight is 855 g/mol. The molecule has 4 bridgehead atoms. The highest BCUT2D eigenvalue weighted by Crippen LogP contribution is 2.49. The summed E-state index contributed by atoms with van der Waals surface area (Å²) in [5.74, 6) is -2.26. The Bertz CT molecular complexity index is 1750. The first kappa shape index (κ1) is 46.2. The number of nitrogens with two attached hydrogens (primary N) is 1. The van der Waals surface area contributed by atoms with Crippen LogP contribution in [0.2, 0.25) is 5.02 Å². The zero-order valence-corrected chi connectivity index (χ0v) is 36.0. The Kier molecular flexibility index (Phi) is 15.8. The number of anilines is 1. The molecule has 1 unspecified atom stereocenters. The Morgan fingerprint density at radius 3 is 2.60 bits per heavy atom. The Balaban J connectivity index is 1.61. The highest BCUT2D eigenvalue weighted by Gasteiger charge is 2.64. The number of esters is 1. The zero-order valence-electron chi connectivity index (χ0n) is 33.6. The lowest BCUT2D eigenvalue weighted by Crippen LogP contribution is -2.63. The number of nitrogens with one attached hydrogen (secondary N) is 1. The van der Waals surface area contributed by atoms with Crippen LogP contribution in [0.1, 0.15) is 72.3 Å². The molecule has 9 atom stereocenters. The van der Waals surface area contributed by atoms with Gasteiger partial charge in [0, 0.05) is 57.4 Å². The molecule has 4 rings (SSSR count). The maximum Gasteiger partial charge on any atom is 0.409 e. The number of allylic oxidation sites excluding steroid dienone is 3. The molecule has 0 spiro atoms. The molecular formula is C39H55ClN4O11S2. The third kappa shape index (κ3) is 11.6. The number of hydrogen-bond acceptors (Lipinski definition) is 13. The number of rotatable bonds is 12. The second-order valence-electron chi connectivity index (χ2n) is 15.2. The van der Waals surface area contributed by atoms with Crippen LogP contribution in [0.5, 0.6) is 5.75 Å². The standard InChI is InChI=1S/C39H55ClN4O11S2/c1-21-10-9-11-29(52-8)39(51)20-28(53-37(50)42-39)23(3)35-38(5,55-35)30(19-33(48)44(7)26-17-25(16-21)18-27(45)34(26)40)54-36(49)24(4)43(6)32(47)14-15-56-57-22(2)12-13-31(41)46/h9-11,17-18,22-24,28-30,35,45,51H,12-16,19-20H2,1-8H3,(H2,41,46)(H,42,50)/b11-9+,21-10+/t22?,23-,24+,28+,29-,30+,35+,38+,39+/m1/s1. The van der Waals surface area contributed by atoms with Gasteiger partial charge in [-0.1, -0.05) is 70.8 Å². The quantitative estimate of drug-likeness (QED) is 0.0979. The summed E-state index contributed by atoms with van der Waals surface area (Å²) >= 11 is 6.54. The van der Waals surface area contributed by atoms with E-state index >= 15 is 0 Å². The molecule has 3 aliphatic rings. The minimum atomic E-state index is -1.86. The van der Waals surface area contributed by atoms with Gasteiger partial charge in [-0.25, -0.2) is 9.59 Å².